The molecule has 0 N–H and O–H groups in total. The Balaban J connectivity index is 0.925. The Morgan fingerprint density at radius 2 is 0.918 bits per heavy atom. The van der Waals surface area contributed by atoms with Crippen molar-refractivity contribution in [1.29, 1.82) is 0 Å². The number of nitrogens with zero attached hydrogens (tertiary/aromatic N) is 4. The normalized spacial score (nSPS) is 13.7. The molecule has 3 aromatic heterocycles. The van der Waals surface area contributed by atoms with E-state index in [9.17, 15) is 0 Å². The molecule has 1 unspecified atom stereocenters. The van der Waals surface area contributed by atoms with Crippen molar-refractivity contribution in [1.82, 2.24) is 19.9 Å². The number of rotatable bonds is 8. The first-order chi connectivity index (χ1) is 30.2. The minimum Gasteiger partial charge on any atom is -0.228 e. The zero-order valence-electron chi connectivity index (χ0n) is 33.2. The molecule has 3 heterocycles. The predicted octanol–water partition coefficient (Wildman–Crippen LogP) is 14.8. The molecule has 1 atom stereocenters. The van der Waals surface area contributed by atoms with Crippen LogP contribution in [0.2, 0.25) is 0 Å². The van der Waals surface area contributed by atoms with Crippen LogP contribution in [0.15, 0.2) is 212 Å². The molecule has 1 aliphatic carbocycles. The summed E-state index contributed by atoms with van der Waals surface area (Å²) >= 11 is 1.87. The highest BCUT2D eigenvalue weighted by Gasteiger charge is 2.19. The molecule has 288 valence electrons. The van der Waals surface area contributed by atoms with Gasteiger partial charge in [-0.2, -0.15) is 0 Å². The fraction of sp³-hybridized carbons (Fsp3) is 0.0357. The summed E-state index contributed by atoms with van der Waals surface area (Å²) in [6.07, 6.45) is 7.82. The highest BCUT2D eigenvalue weighted by Crippen LogP contribution is 2.42. The van der Waals surface area contributed by atoms with Crippen LogP contribution in [0.25, 0.3) is 93.4 Å². The molecule has 0 fully saturated rings. The molecule has 0 aliphatic heterocycles. The lowest BCUT2D eigenvalue weighted by Crippen LogP contribution is -2.02. The molecule has 7 aromatic carbocycles. The van der Waals surface area contributed by atoms with Crippen molar-refractivity contribution in [3.8, 4) is 67.7 Å². The highest BCUT2D eigenvalue weighted by atomic mass is 32.1. The Morgan fingerprint density at radius 3 is 1.51 bits per heavy atom. The summed E-state index contributed by atoms with van der Waals surface area (Å²) in [5.74, 6) is 1.67. The summed E-state index contributed by atoms with van der Waals surface area (Å²) < 4.78 is 2.59. The number of thiophene rings is 1. The summed E-state index contributed by atoms with van der Waals surface area (Å²) in [5.41, 5.74) is 13.7. The van der Waals surface area contributed by atoms with Gasteiger partial charge in [0.1, 0.15) is 0 Å². The molecule has 0 spiro atoms. The number of fused-ring (bicyclic) bond motifs is 3. The van der Waals surface area contributed by atoms with Gasteiger partial charge in [-0.3, -0.25) is 0 Å². The molecule has 4 nitrogen and oxygen atoms in total. The second-order valence-corrected chi connectivity index (χ2v) is 16.4. The smallest absolute Gasteiger partial charge is 0.160 e. The SMILES string of the molecule is C1=CC(c2cc(-c3ccccc3)nc(-c3ccccc3)n2)=CC(c2ccc3sc4c(-c5ccc(-c6cc(-c7ccccc7)nc(-c7ccccc7)n6)cc5)cccc4c3c2)C1. The van der Waals surface area contributed by atoms with E-state index < -0.39 is 0 Å². The van der Waals surface area contributed by atoms with E-state index in [1.807, 2.05) is 72.0 Å². The summed E-state index contributed by atoms with van der Waals surface area (Å²) in [6.45, 7) is 0. The Hall–Kier alpha value is -7.60. The quantitative estimate of drug-likeness (QED) is 0.154. The van der Waals surface area contributed by atoms with E-state index in [0.717, 1.165) is 74.2 Å². The molecule has 10 aromatic rings. The summed E-state index contributed by atoms with van der Waals surface area (Å²) in [4.78, 5) is 20.2. The fourth-order valence-corrected chi connectivity index (χ4v) is 9.53. The summed E-state index contributed by atoms with van der Waals surface area (Å²) in [6, 6.07) is 68.0. The molecule has 0 amide bonds. The Labute approximate surface area is 359 Å². The number of allylic oxidation sites excluding steroid dienone is 4. The lowest BCUT2D eigenvalue weighted by Gasteiger charge is -2.18. The molecule has 0 bridgehead atoms. The van der Waals surface area contributed by atoms with Crippen LogP contribution >= 0.6 is 11.3 Å². The number of aromatic nitrogens is 4. The van der Waals surface area contributed by atoms with E-state index in [2.05, 4.69) is 152 Å². The van der Waals surface area contributed by atoms with Crippen LogP contribution in [0, 0.1) is 0 Å². The number of hydrogen-bond donors (Lipinski definition) is 0. The maximum atomic E-state index is 5.12. The van der Waals surface area contributed by atoms with Gasteiger partial charge in [0.2, 0.25) is 0 Å². The summed E-state index contributed by atoms with van der Waals surface area (Å²) in [7, 11) is 0. The minimum atomic E-state index is 0.219. The van der Waals surface area contributed by atoms with Crippen molar-refractivity contribution in [2.45, 2.75) is 12.3 Å². The Morgan fingerprint density at radius 1 is 0.410 bits per heavy atom. The van der Waals surface area contributed by atoms with E-state index in [0.29, 0.717) is 0 Å². The van der Waals surface area contributed by atoms with Crippen molar-refractivity contribution in [3.05, 3.63) is 224 Å². The van der Waals surface area contributed by atoms with Crippen LogP contribution in [-0.4, -0.2) is 19.9 Å². The first-order valence-electron chi connectivity index (χ1n) is 20.6. The Kier molecular flexibility index (Phi) is 9.49. The lowest BCUT2D eigenvalue weighted by molar-refractivity contribution is 0.858. The summed E-state index contributed by atoms with van der Waals surface area (Å²) in [5, 5.41) is 2.58. The van der Waals surface area contributed by atoms with Crippen LogP contribution < -0.4 is 0 Å². The van der Waals surface area contributed by atoms with Gasteiger partial charge in [-0.1, -0.05) is 188 Å². The van der Waals surface area contributed by atoms with E-state index in [1.54, 1.807) is 0 Å². The standard InChI is InChI=1S/C56H38N4S/c1-5-15-38(16-6-1)49-35-51(59-55(57-49)41-19-9-3-10-20-41)40-29-27-37(28-30-40)46-25-14-26-47-48-34-44(31-32-53(48)61-54(46)47)43-23-13-24-45(33-43)52-36-50(39-17-7-2-8-18-39)58-56(60-52)42-21-11-4-12-22-42/h1-22,24-36,43H,23H2. The van der Waals surface area contributed by atoms with Crippen LogP contribution in [0.1, 0.15) is 23.6 Å². The minimum absolute atomic E-state index is 0.219. The molecule has 0 saturated carbocycles. The van der Waals surface area contributed by atoms with E-state index in [-0.39, 0.29) is 5.92 Å². The molecular formula is C56H38N4S. The van der Waals surface area contributed by atoms with Crippen molar-refractivity contribution in [2.24, 2.45) is 0 Å². The van der Waals surface area contributed by atoms with Gasteiger partial charge in [-0.05, 0) is 52.9 Å². The van der Waals surface area contributed by atoms with Gasteiger partial charge in [0.25, 0.3) is 0 Å². The highest BCUT2D eigenvalue weighted by molar-refractivity contribution is 7.26. The molecule has 1 aliphatic rings. The topological polar surface area (TPSA) is 51.6 Å². The maximum Gasteiger partial charge on any atom is 0.160 e. The monoisotopic (exact) mass is 798 g/mol. The third-order valence-electron chi connectivity index (χ3n) is 11.5. The van der Waals surface area contributed by atoms with Gasteiger partial charge in [0.05, 0.1) is 22.8 Å². The van der Waals surface area contributed by atoms with Crippen LogP contribution in [0.3, 0.4) is 0 Å². The van der Waals surface area contributed by atoms with E-state index in [1.165, 1.54) is 36.9 Å². The Bertz CT molecular complexity index is 3130. The molecule has 11 rings (SSSR count). The molecule has 5 heteroatoms. The molecular weight excluding hydrogens is 761 g/mol. The molecule has 0 saturated heterocycles. The molecule has 0 radical (unpaired) electrons. The second-order valence-electron chi connectivity index (χ2n) is 15.4. The first-order valence-corrected chi connectivity index (χ1v) is 21.5. The number of hydrogen-bond acceptors (Lipinski definition) is 5. The van der Waals surface area contributed by atoms with Crippen molar-refractivity contribution in [2.75, 3.05) is 0 Å². The predicted molar refractivity (Wildman–Crippen MR) is 254 cm³/mol. The van der Waals surface area contributed by atoms with E-state index >= 15 is 0 Å². The van der Waals surface area contributed by atoms with Gasteiger partial charge in [-0.15, -0.1) is 11.3 Å². The lowest BCUT2D eigenvalue weighted by atomic mass is 9.88. The van der Waals surface area contributed by atoms with Crippen molar-refractivity contribution < 1.29 is 0 Å². The zero-order chi connectivity index (χ0) is 40.5. The van der Waals surface area contributed by atoms with Crippen molar-refractivity contribution >= 4 is 37.1 Å². The third kappa shape index (κ3) is 7.26. The van der Waals surface area contributed by atoms with Crippen molar-refractivity contribution in [3.63, 3.8) is 0 Å². The van der Waals surface area contributed by atoms with Gasteiger partial charge in [-0.25, -0.2) is 19.9 Å². The maximum absolute atomic E-state index is 5.12. The molecule has 61 heavy (non-hydrogen) atoms. The zero-order valence-corrected chi connectivity index (χ0v) is 34.0. The van der Waals surface area contributed by atoms with Gasteiger partial charge < -0.3 is 0 Å². The largest absolute Gasteiger partial charge is 0.228 e. The average Bonchev–Trinajstić information content (AvgIpc) is 3.73. The van der Waals surface area contributed by atoms with Gasteiger partial charge in [0.15, 0.2) is 11.6 Å². The second kappa shape index (κ2) is 15.9. The van der Waals surface area contributed by atoms with Gasteiger partial charge >= 0.3 is 0 Å². The van der Waals surface area contributed by atoms with E-state index in [4.69, 9.17) is 19.9 Å². The van der Waals surface area contributed by atoms with Crippen LogP contribution in [0.4, 0.5) is 0 Å². The van der Waals surface area contributed by atoms with Gasteiger partial charge in [0, 0.05) is 53.9 Å². The average molecular weight is 799 g/mol. The number of benzene rings is 7. The fourth-order valence-electron chi connectivity index (χ4n) is 8.32. The van der Waals surface area contributed by atoms with Crippen LogP contribution in [-0.2, 0) is 0 Å². The third-order valence-corrected chi connectivity index (χ3v) is 12.7. The van der Waals surface area contributed by atoms with Crippen LogP contribution in [0.5, 0.6) is 0 Å². The first kappa shape index (κ1) is 36.5.